The zero-order valence-corrected chi connectivity index (χ0v) is 11.0. The van der Waals surface area contributed by atoms with Crippen LogP contribution in [0.5, 0.6) is 0 Å². The van der Waals surface area contributed by atoms with Crippen LogP contribution in [-0.2, 0) is 6.42 Å². The highest BCUT2D eigenvalue weighted by Crippen LogP contribution is 2.19. The van der Waals surface area contributed by atoms with Crippen LogP contribution >= 0.6 is 0 Å². The number of aryl methyl sites for hydroxylation is 1. The summed E-state index contributed by atoms with van der Waals surface area (Å²) in [7, 11) is 0. The molecule has 0 unspecified atom stereocenters. The van der Waals surface area contributed by atoms with Crippen LogP contribution < -0.4 is 5.32 Å². The van der Waals surface area contributed by atoms with Gasteiger partial charge in [0.25, 0.3) is 0 Å². The minimum Gasteiger partial charge on any atom is -0.317 e. The van der Waals surface area contributed by atoms with Crippen molar-refractivity contribution in [2.75, 3.05) is 13.1 Å². The molecule has 5 nitrogen and oxygen atoms in total. The Morgan fingerprint density at radius 2 is 1.95 bits per heavy atom. The maximum atomic E-state index is 3.88. The van der Waals surface area contributed by atoms with Gasteiger partial charge in [0.1, 0.15) is 6.33 Å². The Labute approximate surface area is 113 Å². The van der Waals surface area contributed by atoms with E-state index in [1.54, 1.807) is 11.0 Å². The van der Waals surface area contributed by atoms with Crippen LogP contribution in [0.1, 0.15) is 24.8 Å². The monoisotopic (exact) mass is 257 g/mol. The first-order valence-electron chi connectivity index (χ1n) is 6.95. The second-order valence-corrected chi connectivity index (χ2v) is 5.15. The molecule has 19 heavy (non-hydrogen) atoms. The summed E-state index contributed by atoms with van der Waals surface area (Å²) in [6.45, 7) is 2.37. The number of benzene rings is 1. The molecular formula is C14H19N5. The van der Waals surface area contributed by atoms with Gasteiger partial charge < -0.3 is 5.32 Å². The third-order valence-electron chi connectivity index (χ3n) is 3.85. The van der Waals surface area contributed by atoms with Gasteiger partial charge in [-0.05, 0) is 72.8 Å². The molecule has 3 rings (SSSR count). The largest absolute Gasteiger partial charge is 0.317 e. The van der Waals surface area contributed by atoms with Crippen molar-refractivity contribution in [2.45, 2.75) is 25.7 Å². The van der Waals surface area contributed by atoms with E-state index in [2.05, 4.69) is 45.1 Å². The van der Waals surface area contributed by atoms with Crippen LogP contribution in [0.3, 0.4) is 0 Å². The summed E-state index contributed by atoms with van der Waals surface area (Å²) in [5.41, 5.74) is 2.41. The van der Waals surface area contributed by atoms with Gasteiger partial charge in [-0.3, -0.25) is 0 Å². The lowest BCUT2D eigenvalue weighted by atomic mass is 9.91. The zero-order valence-electron chi connectivity index (χ0n) is 11.0. The number of nitrogens with zero attached hydrogens (tertiary/aromatic N) is 4. The van der Waals surface area contributed by atoms with E-state index in [1.807, 2.05) is 0 Å². The summed E-state index contributed by atoms with van der Waals surface area (Å²) in [5.74, 6) is 0.889. The predicted octanol–water partition coefficient (Wildman–Crippen LogP) is 1.59. The number of nitrogens with one attached hydrogen (secondary N) is 1. The molecule has 5 heteroatoms. The lowest BCUT2D eigenvalue weighted by molar-refractivity contribution is 0.354. The molecule has 1 aromatic heterocycles. The minimum atomic E-state index is 0.889. The maximum Gasteiger partial charge on any atom is 0.143 e. The van der Waals surface area contributed by atoms with Gasteiger partial charge in [0.2, 0.25) is 0 Å². The predicted molar refractivity (Wildman–Crippen MR) is 73.1 cm³/mol. The van der Waals surface area contributed by atoms with E-state index in [9.17, 15) is 0 Å². The van der Waals surface area contributed by atoms with Gasteiger partial charge in [0, 0.05) is 0 Å². The van der Waals surface area contributed by atoms with E-state index in [0.29, 0.717) is 0 Å². The molecule has 2 heterocycles. The van der Waals surface area contributed by atoms with Crippen molar-refractivity contribution in [1.29, 1.82) is 0 Å². The van der Waals surface area contributed by atoms with Gasteiger partial charge in [-0.15, -0.1) is 5.10 Å². The van der Waals surface area contributed by atoms with Gasteiger partial charge in [0.05, 0.1) is 5.69 Å². The quantitative estimate of drug-likeness (QED) is 0.904. The third kappa shape index (κ3) is 3.17. The molecule has 0 aliphatic carbocycles. The van der Waals surface area contributed by atoms with Gasteiger partial charge in [0.15, 0.2) is 0 Å². The Bertz CT molecular complexity index is 485. The molecule has 1 fully saturated rings. The Morgan fingerprint density at radius 3 is 2.63 bits per heavy atom. The number of aromatic nitrogens is 4. The normalized spacial score (nSPS) is 16.6. The molecule has 100 valence electrons. The molecule has 1 aromatic carbocycles. The average molecular weight is 257 g/mol. The number of tetrazole rings is 1. The molecule has 0 saturated carbocycles. The molecule has 0 atom stereocenters. The summed E-state index contributed by atoms with van der Waals surface area (Å²) < 4.78 is 1.68. The molecule has 1 aliphatic heterocycles. The van der Waals surface area contributed by atoms with Crippen molar-refractivity contribution in [3.05, 3.63) is 36.2 Å². The fourth-order valence-electron chi connectivity index (χ4n) is 2.64. The maximum absolute atomic E-state index is 3.88. The fourth-order valence-corrected chi connectivity index (χ4v) is 2.64. The van der Waals surface area contributed by atoms with E-state index < -0.39 is 0 Å². The Morgan fingerprint density at radius 1 is 1.16 bits per heavy atom. The molecule has 0 spiro atoms. The van der Waals surface area contributed by atoms with Gasteiger partial charge in [-0.1, -0.05) is 12.1 Å². The van der Waals surface area contributed by atoms with Crippen LogP contribution in [0, 0.1) is 5.92 Å². The first-order chi connectivity index (χ1) is 9.42. The molecule has 2 aromatic rings. The summed E-state index contributed by atoms with van der Waals surface area (Å²) in [6.07, 6.45) is 6.72. The van der Waals surface area contributed by atoms with E-state index in [0.717, 1.165) is 11.6 Å². The first-order valence-corrected chi connectivity index (χ1v) is 6.95. The van der Waals surface area contributed by atoms with Crippen LogP contribution in [0.25, 0.3) is 5.69 Å². The van der Waals surface area contributed by atoms with Crippen molar-refractivity contribution in [3.8, 4) is 5.69 Å². The zero-order chi connectivity index (χ0) is 12.9. The van der Waals surface area contributed by atoms with Crippen LogP contribution in [-0.4, -0.2) is 33.3 Å². The second-order valence-electron chi connectivity index (χ2n) is 5.15. The highest BCUT2D eigenvalue weighted by atomic mass is 15.5. The Balaban J connectivity index is 1.57. The number of rotatable bonds is 4. The lowest BCUT2D eigenvalue weighted by Gasteiger charge is -2.22. The number of hydrogen-bond acceptors (Lipinski definition) is 4. The van der Waals surface area contributed by atoms with Crippen LogP contribution in [0.2, 0.25) is 0 Å². The summed E-state index contributed by atoms with van der Waals surface area (Å²) >= 11 is 0. The first kappa shape index (κ1) is 12.3. The van der Waals surface area contributed by atoms with Crippen LogP contribution in [0.15, 0.2) is 30.6 Å². The minimum absolute atomic E-state index is 0.889. The number of piperidine rings is 1. The molecule has 0 radical (unpaired) electrons. The lowest BCUT2D eigenvalue weighted by Crippen LogP contribution is -2.27. The third-order valence-corrected chi connectivity index (χ3v) is 3.85. The van der Waals surface area contributed by atoms with Gasteiger partial charge in [-0.2, -0.15) is 0 Å². The Hall–Kier alpha value is -1.75. The van der Waals surface area contributed by atoms with Crippen molar-refractivity contribution in [1.82, 2.24) is 25.5 Å². The van der Waals surface area contributed by atoms with E-state index in [1.165, 1.54) is 44.3 Å². The fraction of sp³-hybridized carbons (Fsp3) is 0.500. The Kier molecular flexibility index (Phi) is 3.83. The highest BCUT2D eigenvalue weighted by molar-refractivity contribution is 5.33. The molecule has 1 N–H and O–H groups in total. The standard InChI is InChI=1S/C14H19N5/c1(2-13-7-9-15-10-8-13)12-3-5-14(6-4-12)19-11-16-17-18-19/h3-6,11,13,15H,1-2,7-10H2. The molecule has 1 saturated heterocycles. The van der Waals surface area contributed by atoms with Crippen molar-refractivity contribution in [2.24, 2.45) is 5.92 Å². The van der Waals surface area contributed by atoms with Gasteiger partial charge >= 0.3 is 0 Å². The van der Waals surface area contributed by atoms with Crippen LogP contribution in [0.4, 0.5) is 0 Å². The molecular weight excluding hydrogens is 238 g/mol. The van der Waals surface area contributed by atoms with E-state index >= 15 is 0 Å². The summed E-state index contributed by atoms with van der Waals surface area (Å²) in [4.78, 5) is 0. The highest BCUT2D eigenvalue weighted by Gasteiger charge is 2.12. The molecule has 0 amide bonds. The molecule has 1 aliphatic rings. The van der Waals surface area contributed by atoms with E-state index in [-0.39, 0.29) is 0 Å². The molecule has 0 bridgehead atoms. The van der Waals surface area contributed by atoms with Crippen molar-refractivity contribution in [3.63, 3.8) is 0 Å². The van der Waals surface area contributed by atoms with E-state index in [4.69, 9.17) is 0 Å². The summed E-state index contributed by atoms with van der Waals surface area (Å²) in [5, 5.41) is 14.6. The topological polar surface area (TPSA) is 55.6 Å². The SMILES string of the molecule is c1cc(-n2cnnn2)ccc1CCC1CCNCC1. The van der Waals surface area contributed by atoms with Gasteiger partial charge in [-0.25, -0.2) is 4.68 Å². The smallest absolute Gasteiger partial charge is 0.143 e. The van der Waals surface area contributed by atoms with Crippen molar-refractivity contribution >= 4 is 0 Å². The average Bonchev–Trinajstić information content (AvgIpc) is 3.01. The second kappa shape index (κ2) is 5.93. The number of hydrogen-bond donors (Lipinski definition) is 1. The summed E-state index contributed by atoms with van der Waals surface area (Å²) in [6, 6.07) is 8.51. The van der Waals surface area contributed by atoms with Crippen molar-refractivity contribution < 1.29 is 0 Å².